The fourth-order valence-electron chi connectivity index (χ4n) is 2.22. The van der Waals surface area contributed by atoms with Gasteiger partial charge in [-0.2, -0.15) is 18.4 Å². The predicted octanol–water partition coefficient (Wildman–Crippen LogP) is 4.47. The number of furan rings is 1. The van der Waals surface area contributed by atoms with E-state index in [0.29, 0.717) is 11.3 Å². The van der Waals surface area contributed by atoms with Crippen molar-refractivity contribution in [3.63, 3.8) is 0 Å². The summed E-state index contributed by atoms with van der Waals surface area (Å²) in [4.78, 5) is 12.0. The summed E-state index contributed by atoms with van der Waals surface area (Å²) >= 11 is 11.7. The third kappa shape index (κ3) is 4.50. The van der Waals surface area contributed by atoms with Gasteiger partial charge in [0.05, 0.1) is 16.2 Å². The lowest BCUT2D eigenvalue weighted by atomic mass is 10.1. The van der Waals surface area contributed by atoms with Crippen LogP contribution in [0.25, 0.3) is 11.3 Å². The van der Waals surface area contributed by atoms with Crippen LogP contribution >= 0.6 is 23.2 Å². The van der Waals surface area contributed by atoms with Gasteiger partial charge in [-0.05, 0) is 42.5 Å². The Bertz CT molecular complexity index is 1160. The minimum absolute atomic E-state index is 0.00514. The fraction of sp³-hybridized carbons (Fsp3) is 0. The van der Waals surface area contributed by atoms with Crippen LogP contribution in [0.2, 0.25) is 10.0 Å². The molecule has 0 saturated carbocycles. The first-order valence-electron chi connectivity index (χ1n) is 7.61. The van der Waals surface area contributed by atoms with E-state index < -0.39 is 14.9 Å². The molecule has 0 amide bonds. The van der Waals surface area contributed by atoms with Gasteiger partial charge in [0.25, 0.3) is 15.7 Å². The predicted molar refractivity (Wildman–Crippen MR) is 105 cm³/mol. The first kappa shape index (κ1) is 19.9. The summed E-state index contributed by atoms with van der Waals surface area (Å²) < 4.78 is 30.0. The van der Waals surface area contributed by atoms with Crippen LogP contribution in [0.3, 0.4) is 0 Å². The highest BCUT2D eigenvalue weighted by Gasteiger charge is 2.17. The zero-order valence-electron chi connectivity index (χ0n) is 13.9. The fourth-order valence-corrected chi connectivity index (χ4v) is 3.77. The van der Waals surface area contributed by atoms with E-state index in [-0.39, 0.29) is 26.4 Å². The van der Waals surface area contributed by atoms with Crippen molar-refractivity contribution in [2.45, 2.75) is 4.90 Å². The minimum atomic E-state index is -4.01. The maximum atomic E-state index is 12.3. The molecule has 11 heteroatoms. The van der Waals surface area contributed by atoms with E-state index in [9.17, 15) is 18.5 Å². The van der Waals surface area contributed by atoms with Gasteiger partial charge in [0.15, 0.2) is 0 Å². The summed E-state index contributed by atoms with van der Waals surface area (Å²) in [6, 6.07) is 13.0. The van der Waals surface area contributed by atoms with Gasteiger partial charge in [-0.1, -0.05) is 23.2 Å². The summed E-state index contributed by atoms with van der Waals surface area (Å²) in [6.07, 6.45) is 1.17. The monoisotopic (exact) mass is 439 g/mol. The van der Waals surface area contributed by atoms with E-state index in [2.05, 4.69) is 5.10 Å². The van der Waals surface area contributed by atoms with E-state index in [1.165, 1.54) is 36.5 Å². The Labute approximate surface area is 169 Å². The van der Waals surface area contributed by atoms with Gasteiger partial charge >= 0.3 is 0 Å². The SMILES string of the molecule is O=[N+]([O-])c1ccc(-c2ccc(/C=N/NS(=O)(=O)c3cc(Cl)ccc3Cl)o2)cc1. The maximum absolute atomic E-state index is 12.3. The van der Waals surface area contributed by atoms with Crippen molar-refractivity contribution in [3.8, 4) is 11.3 Å². The van der Waals surface area contributed by atoms with Crippen LogP contribution in [0.4, 0.5) is 5.69 Å². The molecule has 144 valence electrons. The number of hydrogen-bond acceptors (Lipinski definition) is 6. The number of hydrazone groups is 1. The molecule has 8 nitrogen and oxygen atoms in total. The van der Waals surface area contributed by atoms with Crippen molar-refractivity contribution in [3.05, 3.63) is 80.5 Å². The van der Waals surface area contributed by atoms with Crippen LogP contribution in [0.1, 0.15) is 5.76 Å². The second kappa shape index (κ2) is 8.01. The van der Waals surface area contributed by atoms with E-state index in [4.69, 9.17) is 27.6 Å². The first-order chi connectivity index (χ1) is 13.3. The van der Waals surface area contributed by atoms with E-state index >= 15 is 0 Å². The highest BCUT2D eigenvalue weighted by Crippen LogP contribution is 2.25. The number of benzene rings is 2. The van der Waals surface area contributed by atoms with Crippen molar-refractivity contribution < 1.29 is 17.8 Å². The van der Waals surface area contributed by atoms with Crippen LogP contribution in [-0.4, -0.2) is 19.6 Å². The number of hydrogen-bond donors (Lipinski definition) is 1. The third-order valence-electron chi connectivity index (χ3n) is 3.54. The molecule has 3 aromatic rings. The van der Waals surface area contributed by atoms with Crippen molar-refractivity contribution in [1.29, 1.82) is 0 Å². The first-order valence-corrected chi connectivity index (χ1v) is 9.85. The topological polar surface area (TPSA) is 115 Å². The number of nitro groups is 1. The normalized spacial score (nSPS) is 11.6. The van der Waals surface area contributed by atoms with Crippen LogP contribution in [0.15, 0.2) is 69.0 Å². The van der Waals surface area contributed by atoms with Gasteiger partial charge in [-0.3, -0.25) is 10.1 Å². The van der Waals surface area contributed by atoms with Crippen molar-refractivity contribution >= 4 is 45.1 Å². The lowest BCUT2D eigenvalue weighted by Crippen LogP contribution is -2.18. The van der Waals surface area contributed by atoms with Gasteiger partial charge in [-0.15, -0.1) is 0 Å². The van der Waals surface area contributed by atoms with Crippen molar-refractivity contribution in [1.82, 2.24) is 4.83 Å². The standard InChI is InChI=1S/C17H11Cl2N3O5S/c18-12-3-7-15(19)17(9-12)28(25,26)21-20-10-14-6-8-16(27-14)11-1-4-13(5-2-11)22(23)24/h1-10,21H/b20-10+. The van der Waals surface area contributed by atoms with Crippen LogP contribution in [-0.2, 0) is 10.0 Å². The number of sulfonamides is 1. The lowest BCUT2D eigenvalue weighted by Gasteiger charge is -2.05. The lowest BCUT2D eigenvalue weighted by molar-refractivity contribution is -0.384. The van der Waals surface area contributed by atoms with Gasteiger partial charge in [-0.25, -0.2) is 0 Å². The van der Waals surface area contributed by atoms with Gasteiger partial charge in [0.2, 0.25) is 0 Å². The van der Waals surface area contributed by atoms with E-state index in [1.807, 2.05) is 4.83 Å². The molecule has 0 unspecified atom stereocenters. The molecule has 0 aliphatic rings. The van der Waals surface area contributed by atoms with Gasteiger partial charge in [0.1, 0.15) is 16.4 Å². The number of rotatable bonds is 6. The van der Waals surface area contributed by atoms with Crippen LogP contribution < -0.4 is 4.83 Å². The molecule has 0 aliphatic heterocycles. The summed E-state index contributed by atoms with van der Waals surface area (Å²) in [5.41, 5.74) is 0.586. The average Bonchev–Trinajstić information content (AvgIpc) is 3.12. The number of nitrogens with one attached hydrogen (secondary N) is 1. The zero-order valence-corrected chi connectivity index (χ0v) is 16.2. The van der Waals surface area contributed by atoms with Crippen LogP contribution in [0.5, 0.6) is 0 Å². The van der Waals surface area contributed by atoms with Crippen molar-refractivity contribution in [2.24, 2.45) is 5.10 Å². The quantitative estimate of drug-likeness (QED) is 0.345. The molecule has 2 aromatic carbocycles. The number of nitro benzene ring substituents is 1. The van der Waals surface area contributed by atoms with Crippen LogP contribution in [0, 0.1) is 10.1 Å². The molecule has 0 radical (unpaired) electrons. The Kier molecular flexibility index (Phi) is 5.68. The van der Waals surface area contributed by atoms with Crippen molar-refractivity contribution in [2.75, 3.05) is 0 Å². The van der Waals surface area contributed by atoms with Gasteiger partial charge in [0, 0.05) is 22.7 Å². The molecular weight excluding hydrogens is 429 g/mol. The smallest absolute Gasteiger partial charge is 0.278 e. The molecule has 28 heavy (non-hydrogen) atoms. The Morgan fingerprint density at radius 2 is 1.79 bits per heavy atom. The molecule has 1 heterocycles. The maximum Gasteiger partial charge on any atom is 0.278 e. The Morgan fingerprint density at radius 1 is 1.07 bits per heavy atom. The summed E-state index contributed by atoms with van der Waals surface area (Å²) in [7, 11) is -4.01. The molecule has 1 aromatic heterocycles. The second-order valence-corrected chi connectivity index (χ2v) is 7.91. The third-order valence-corrected chi connectivity index (χ3v) is 5.48. The summed E-state index contributed by atoms with van der Waals surface area (Å²) in [6.45, 7) is 0. The summed E-state index contributed by atoms with van der Waals surface area (Å²) in [5, 5.41) is 14.6. The van der Waals surface area contributed by atoms with E-state index in [1.54, 1.807) is 24.3 Å². The minimum Gasteiger partial charge on any atom is -0.455 e. The second-order valence-electron chi connectivity index (χ2n) is 5.43. The Balaban J connectivity index is 1.73. The van der Waals surface area contributed by atoms with Gasteiger partial charge < -0.3 is 4.42 Å². The molecule has 0 saturated heterocycles. The molecular formula is C17H11Cl2N3O5S. The highest BCUT2D eigenvalue weighted by atomic mass is 35.5. The Morgan fingerprint density at radius 3 is 2.46 bits per heavy atom. The van der Waals surface area contributed by atoms with E-state index in [0.717, 1.165) is 0 Å². The number of nitrogens with zero attached hydrogens (tertiary/aromatic N) is 2. The molecule has 1 N–H and O–H groups in total. The zero-order chi connectivity index (χ0) is 20.3. The summed E-state index contributed by atoms with van der Waals surface area (Å²) in [5.74, 6) is 0.713. The molecule has 3 rings (SSSR count). The molecule has 0 fully saturated rings. The average molecular weight is 440 g/mol. The number of non-ortho nitro benzene ring substituents is 1. The molecule has 0 bridgehead atoms. The number of halogens is 2. The molecule has 0 atom stereocenters. The Hall–Kier alpha value is -2.88. The largest absolute Gasteiger partial charge is 0.455 e. The molecule has 0 aliphatic carbocycles. The molecule has 0 spiro atoms. The highest BCUT2D eigenvalue weighted by molar-refractivity contribution is 7.89.